The minimum atomic E-state index is -1.05. The van der Waals surface area contributed by atoms with Crippen molar-refractivity contribution in [2.24, 2.45) is 5.73 Å². The zero-order chi connectivity index (χ0) is 17.8. The molecule has 0 saturated heterocycles. The van der Waals surface area contributed by atoms with Gasteiger partial charge in [0.2, 0.25) is 0 Å². The average Bonchev–Trinajstić information content (AvgIpc) is 2.96. The van der Waals surface area contributed by atoms with E-state index in [1.165, 1.54) is 18.3 Å². The molecule has 1 atom stereocenters. The topological polar surface area (TPSA) is 104 Å². The third kappa shape index (κ3) is 3.61. The molecule has 7 heteroatoms. The molecule has 0 aliphatic carbocycles. The van der Waals surface area contributed by atoms with Gasteiger partial charge in [-0.05, 0) is 23.8 Å². The molecule has 3 aromatic rings. The molecule has 128 valence electrons. The van der Waals surface area contributed by atoms with Crippen LogP contribution in [-0.2, 0) is 21.0 Å². The Kier molecular flexibility index (Phi) is 4.67. The summed E-state index contributed by atoms with van der Waals surface area (Å²) in [6.07, 6.45) is 1.60. The highest BCUT2D eigenvalue weighted by Crippen LogP contribution is 2.21. The first-order valence-corrected chi connectivity index (χ1v) is 7.58. The van der Waals surface area contributed by atoms with Crippen LogP contribution in [0, 0.1) is 0 Å². The third-order valence-corrected chi connectivity index (χ3v) is 3.73. The predicted molar refractivity (Wildman–Crippen MR) is 88.8 cm³/mol. The molecule has 0 bridgehead atoms. The second kappa shape index (κ2) is 7.06. The first-order chi connectivity index (χ1) is 12.1. The number of nitrogens with two attached hydrogens (primary N) is 1. The largest absolute Gasteiger partial charge is 0.428 e. The maximum absolute atomic E-state index is 11.9. The summed E-state index contributed by atoms with van der Waals surface area (Å²) in [5, 5.41) is 10.6. The lowest BCUT2D eigenvalue weighted by Gasteiger charge is -2.09. The van der Waals surface area contributed by atoms with Crippen LogP contribution in [0.3, 0.4) is 0 Å². The number of carbonyl (C=O) groups excluding carboxylic acids is 2. The van der Waals surface area contributed by atoms with Gasteiger partial charge < -0.3 is 10.9 Å². The Labute approximate surface area is 143 Å². The molecule has 3 N–H and O–H groups in total. The highest BCUT2D eigenvalue weighted by atomic mass is 17.2. The van der Waals surface area contributed by atoms with Crippen molar-refractivity contribution in [3.8, 4) is 0 Å². The monoisotopic (exact) mass is 340 g/mol. The van der Waals surface area contributed by atoms with Gasteiger partial charge in [0.15, 0.2) is 0 Å². The summed E-state index contributed by atoms with van der Waals surface area (Å²) in [7, 11) is 0. The summed E-state index contributed by atoms with van der Waals surface area (Å²) in [5.41, 5.74) is 7.36. The smallest absolute Gasteiger partial charge is 0.386 e. The van der Waals surface area contributed by atoms with Gasteiger partial charge >= 0.3 is 11.9 Å². The minimum absolute atomic E-state index is 0.121. The normalized spacial score (nSPS) is 11.9. The number of rotatable bonds is 4. The summed E-state index contributed by atoms with van der Waals surface area (Å²) in [5.74, 6) is -1.66. The molecular weight excluding hydrogens is 324 g/mol. The van der Waals surface area contributed by atoms with Crippen LogP contribution in [0.5, 0.6) is 0 Å². The molecule has 1 aromatic heterocycles. The molecule has 0 aliphatic rings. The van der Waals surface area contributed by atoms with Crippen LogP contribution in [0.1, 0.15) is 15.9 Å². The fourth-order valence-electron chi connectivity index (χ4n) is 2.48. The van der Waals surface area contributed by atoms with Gasteiger partial charge in [0.05, 0.1) is 11.1 Å². The fourth-order valence-corrected chi connectivity index (χ4v) is 2.48. The van der Waals surface area contributed by atoms with Gasteiger partial charge in [0.1, 0.15) is 6.04 Å². The lowest BCUT2D eigenvalue weighted by Crippen LogP contribution is -2.34. The number of benzene rings is 2. The van der Waals surface area contributed by atoms with Crippen LogP contribution in [0.4, 0.5) is 0 Å². The molecule has 3 rings (SSSR count). The van der Waals surface area contributed by atoms with Gasteiger partial charge in [-0.1, -0.05) is 36.4 Å². The van der Waals surface area contributed by atoms with E-state index in [2.05, 4.69) is 9.78 Å². The molecule has 0 fully saturated rings. The molecular formula is C18H16N2O5. The average molecular weight is 340 g/mol. The van der Waals surface area contributed by atoms with Gasteiger partial charge in [0.25, 0.3) is 0 Å². The molecule has 7 nitrogen and oxygen atoms in total. The summed E-state index contributed by atoms with van der Waals surface area (Å²) in [6, 6.07) is 14.2. The number of carbonyl (C=O) groups is 2. The molecule has 1 unspecified atom stereocenters. The van der Waals surface area contributed by atoms with E-state index in [0.29, 0.717) is 11.1 Å². The SMILES string of the molecule is NC(Cc1cn(O)c2ccccc12)C(=O)OOC(=O)c1ccccc1. The van der Waals surface area contributed by atoms with Gasteiger partial charge in [-0.25, -0.2) is 19.4 Å². The van der Waals surface area contributed by atoms with E-state index >= 15 is 0 Å². The predicted octanol–water partition coefficient (Wildman–Crippen LogP) is 2.06. The standard InChI is InChI=1S/C18H16N2O5/c19-15(10-13-11-20(23)16-9-5-4-8-14(13)16)18(22)25-24-17(21)12-6-2-1-3-7-12/h1-9,11,15,23H,10,19H2. The molecule has 1 heterocycles. The summed E-state index contributed by atoms with van der Waals surface area (Å²) in [6.45, 7) is 0. The van der Waals surface area contributed by atoms with Crippen molar-refractivity contribution in [3.63, 3.8) is 0 Å². The van der Waals surface area contributed by atoms with Crippen LogP contribution < -0.4 is 5.73 Å². The highest BCUT2D eigenvalue weighted by Gasteiger charge is 2.21. The Balaban J connectivity index is 1.62. The van der Waals surface area contributed by atoms with Crippen molar-refractivity contribution in [2.45, 2.75) is 12.5 Å². The quantitative estimate of drug-likeness (QED) is 0.428. The number of hydrogen-bond acceptors (Lipinski definition) is 6. The van der Waals surface area contributed by atoms with Crippen LogP contribution in [-0.4, -0.2) is 27.9 Å². The van der Waals surface area contributed by atoms with Gasteiger partial charge in [0, 0.05) is 18.0 Å². The van der Waals surface area contributed by atoms with Crippen LogP contribution >= 0.6 is 0 Å². The van der Waals surface area contributed by atoms with Crippen molar-refractivity contribution in [1.82, 2.24) is 4.73 Å². The Bertz CT molecular complexity index is 904. The number of fused-ring (bicyclic) bond motifs is 1. The van der Waals surface area contributed by atoms with Crippen molar-refractivity contribution >= 4 is 22.8 Å². The van der Waals surface area contributed by atoms with Gasteiger partial charge in [-0.2, -0.15) is 4.73 Å². The summed E-state index contributed by atoms with van der Waals surface area (Å²) in [4.78, 5) is 32.7. The van der Waals surface area contributed by atoms with Crippen molar-refractivity contribution in [3.05, 3.63) is 71.9 Å². The van der Waals surface area contributed by atoms with E-state index in [9.17, 15) is 14.8 Å². The Morgan fingerprint density at radius 3 is 2.48 bits per heavy atom. The number of para-hydroxylation sites is 1. The Hall–Kier alpha value is -3.32. The lowest BCUT2D eigenvalue weighted by atomic mass is 10.1. The molecule has 2 aromatic carbocycles. The van der Waals surface area contributed by atoms with E-state index in [1.807, 2.05) is 12.1 Å². The van der Waals surface area contributed by atoms with E-state index < -0.39 is 18.0 Å². The zero-order valence-electron chi connectivity index (χ0n) is 13.2. The lowest BCUT2D eigenvalue weighted by molar-refractivity contribution is -0.235. The number of nitrogens with zero attached hydrogens (tertiary/aromatic N) is 1. The number of aromatic nitrogens is 1. The maximum Gasteiger partial charge on any atom is 0.386 e. The van der Waals surface area contributed by atoms with Gasteiger partial charge in [-0.15, -0.1) is 0 Å². The maximum atomic E-state index is 11.9. The first kappa shape index (κ1) is 16.5. The van der Waals surface area contributed by atoms with Crippen molar-refractivity contribution in [1.29, 1.82) is 0 Å². The molecule has 0 radical (unpaired) electrons. The van der Waals surface area contributed by atoms with Crippen molar-refractivity contribution < 1.29 is 24.6 Å². The van der Waals surface area contributed by atoms with Crippen LogP contribution in [0.15, 0.2) is 60.8 Å². The molecule has 0 spiro atoms. The van der Waals surface area contributed by atoms with E-state index in [1.54, 1.807) is 30.3 Å². The zero-order valence-corrected chi connectivity index (χ0v) is 13.2. The first-order valence-electron chi connectivity index (χ1n) is 7.58. The second-order valence-corrected chi connectivity index (χ2v) is 5.47. The Morgan fingerprint density at radius 1 is 1.04 bits per heavy atom. The van der Waals surface area contributed by atoms with Crippen LogP contribution in [0.2, 0.25) is 0 Å². The summed E-state index contributed by atoms with van der Waals surface area (Å²) >= 11 is 0. The Morgan fingerprint density at radius 2 is 1.72 bits per heavy atom. The molecule has 0 amide bonds. The van der Waals surface area contributed by atoms with E-state index in [-0.39, 0.29) is 12.0 Å². The fraction of sp³-hybridized carbons (Fsp3) is 0.111. The number of hydrogen-bond donors (Lipinski definition) is 2. The molecule has 25 heavy (non-hydrogen) atoms. The van der Waals surface area contributed by atoms with Gasteiger partial charge in [-0.3, -0.25) is 0 Å². The third-order valence-electron chi connectivity index (χ3n) is 3.73. The van der Waals surface area contributed by atoms with Crippen molar-refractivity contribution in [2.75, 3.05) is 0 Å². The molecule has 0 aliphatic heterocycles. The van der Waals surface area contributed by atoms with E-state index in [4.69, 9.17) is 5.73 Å². The minimum Gasteiger partial charge on any atom is -0.428 e. The second-order valence-electron chi connectivity index (χ2n) is 5.47. The van der Waals surface area contributed by atoms with Crippen LogP contribution in [0.25, 0.3) is 10.9 Å². The molecule has 0 saturated carbocycles. The highest BCUT2D eigenvalue weighted by molar-refractivity contribution is 5.89. The van der Waals surface area contributed by atoms with E-state index in [0.717, 1.165) is 10.1 Å². The summed E-state index contributed by atoms with van der Waals surface area (Å²) < 4.78 is 0.970.